The molecular formula is C31H34O4SSi. The quantitative estimate of drug-likeness (QED) is 0.167. The zero-order valence-corrected chi connectivity index (χ0v) is 24.0. The van der Waals surface area contributed by atoms with Crippen LogP contribution in [0.4, 0.5) is 0 Å². The summed E-state index contributed by atoms with van der Waals surface area (Å²) in [4.78, 5) is 27.7. The highest BCUT2D eigenvalue weighted by Crippen LogP contribution is 2.45. The zero-order chi connectivity index (χ0) is 26.6. The summed E-state index contributed by atoms with van der Waals surface area (Å²) in [6.07, 6.45) is 3.20. The molecule has 0 N–H and O–H groups in total. The highest BCUT2D eigenvalue weighted by molar-refractivity contribution is 8.08. The Morgan fingerprint density at radius 2 is 1.57 bits per heavy atom. The van der Waals surface area contributed by atoms with E-state index in [1.807, 2.05) is 36.4 Å². The summed E-state index contributed by atoms with van der Waals surface area (Å²) in [6, 6.07) is 23.5. The van der Waals surface area contributed by atoms with Crippen LogP contribution in [0, 0.1) is 0 Å². The topological polar surface area (TPSA) is 52.6 Å². The number of carbonyl (C=O) groups is 2. The van der Waals surface area contributed by atoms with Crippen molar-refractivity contribution in [3.8, 4) is 5.75 Å². The van der Waals surface area contributed by atoms with Gasteiger partial charge in [0.2, 0.25) is 0 Å². The van der Waals surface area contributed by atoms with Crippen LogP contribution < -0.4 is 4.74 Å². The first-order valence-corrected chi connectivity index (χ1v) is 17.1. The Hall–Kier alpha value is -3.09. The Balaban J connectivity index is 1.47. The number of fused-ring (bicyclic) bond motifs is 1. The number of ether oxygens (including phenoxy) is 2. The third-order valence-electron chi connectivity index (χ3n) is 6.40. The molecule has 0 radical (unpaired) electrons. The fourth-order valence-corrected chi connectivity index (χ4v) is 5.81. The first-order chi connectivity index (χ1) is 17.5. The molecule has 3 aromatic carbocycles. The molecule has 3 aromatic rings. The smallest absolute Gasteiger partial charge is 0.343 e. The zero-order valence-electron chi connectivity index (χ0n) is 22.2. The number of esters is 2. The average molecular weight is 531 g/mol. The normalized spacial score (nSPS) is 14.4. The lowest BCUT2D eigenvalue weighted by molar-refractivity contribution is 0.0525. The molecule has 0 atom stereocenters. The summed E-state index contributed by atoms with van der Waals surface area (Å²) in [5.74, 6) is -0.402. The Morgan fingerprint density at radius 1 is 0.892 bits per heavy atom. The second kappa shape index (κ2) is 11.1. The van der Waals surface area contributed by atoms with Crippen LogP contribution in [0.5, 0.6) is 5.75 Å². The van der Waals surface area contributed by atoms with Crippen LogP contribution in [0.1, 0.15) is 52.1 Å². The van der Waals surface area contributed by atoms with Gasteiger partial charge in [0.15, 0.2) is 0 Å². The molecule has 0 unspecified atom stereocenters. The van der Waals surface area contributed by atoms with Crippen molar-refractivity contribution in [3.63, 3.8) is 0 Å². The summed E-state index contributed by atoms with van der Waals surface area (Å²) < 4.78 is 11.0. The number of hydrogen-bond donors (Lipinski definition) is 0. The van der Waals surface area contributed by atoms with E-state index in [-0.39, 0.29) is 11.4 Å². The second-order valence-corrected chi connectivity index (χ2v) is 17.9. The molecule has 4 rings (SSSR count). The molecular weight excluding hydrogens is 496 g/mol. The van der Waals surface area contributed by atoms with E-state index >= 15 is 0 Å². The van der Waals surface area contributed by atoms with Gasteiger partial charge in [-0.2, -0.15) is 0 Å². The molecule has 0 saturated heterocycles. The predicted octanol–water partition coefficient (Wildman–Crippen LogP) is 8.22. The van der Waals surface area contributed by atoms with Gasteiger partial charge in [0.25, 0.3) is 0 Å². The molecule has 192 valence electrons. The molecule has 0 bridgehead atoms. The van der Waals surface area contributed by atoms with Gasteiger partial charge < -0.3 is 9.47 Å². The van der Waals surface area contributed by atoms with Gasteiger partial charge in [-0.1, -0.05) is 75.6 Å². The number of rotatable bonds is 8. The summed E-state index contributed by atoms with van der Waals surface area (Å²) in [5.41, 5.74) is 3.21. The minimum atomic E-state index is -1.27. The lowest BCUT2D eigenvalue weighted by atomic mass is 9.75. The molecule has 37 heavy (non-hydrogen) atoms. The van der Waals surface area contributed by atoms with Crippen molar-refractivity contribution < 1.29 is 19.1 Å². The van der Waals surface area contributed by atoms with Gasteiger partial charge in [-0.15, -0.1) is 0 Å². The third-order valence-corrected chi connectivity index (χ3v) is 9.22. The predicted molar refractivity (Wildman–Crippen MR) is 154 cm³/mol. The average Bonchev–Trinajstić information content (AvgIpc) is 2.86. The molecule has 0 fully saturated rings. The summed E-state index contributed by atoms with van der Waals surface area (Å²) in [6.45, 7) is 11.6. The molecule has 1 aliphatic rings. The molecule has 0 heterocycles. The Kier molecular flexibility index (Phi) is 8.10. The van der Waals surface area contributed by atoms with E-state index in [2.05, 4.69) is 51.7 Å². The summed E-state index contributed by atoms with van der Waals surface area (Å²) in [7, 11) is -1.27. The maximum absolute atomic E-state index is 13.0. The standard InChI is InChI=1S/C31H34O4SSi/c1-31(2)18-17-28(36-25-9-7-6-8-10-25)26-21-23(13-16-27(26)31)30(33)35-24-14-11-22(12-15-24)29(32)34-19-20-37(3,4)5/h6-17,21H,18-20H2,1-5H3. The van der Waals surface area contributed by atoms with Crippen LogP contribution in [0.25, 0.3) is 4.91 Å². The maximum atomic E-state index is 13.0. The van der Waals surface area contributed by atoms with Gasteiger partial charge >= 0.3 is 11.9 Å². The largest absolute Gasteiger partial charge is 0.462 e. The van der Waals surface area contributed by atoms with E-state index < -0.39 is 14.0 Å². The Morgan fingerprint density at radius 3 is 2.24 bits per heavy atom. The molecule has 0 aromatic heterocycles. The van der Waals surface area contributed by atoms with Crippen LogP contribution in [0.3, 0.4) is 0 Å². The first-order valence-electron chi connectivity index (χ1n) is 12.6. The van der Waals surface area contributed by atoms with E-state index in [0.717, 1.165) is 27.8 Å². The van der Waals surface area contributed by atoms with Crippen molar-refractivity contribution in [1.82, 2.24) is 0 Å². The lowest BCUT2D eigenvalue weighted by Gasteiger charge is -2.32. The van der Waals surface area contributed by atoms with Crippen molar-refractivity contribution >= 4 is 36.7 Å². The highest BCUT2D eigenvalue weighted by Gasteiger charge is 2.29. The van der Waals surface area contributed by atoms with E-state index in [9.17, 15) is 9.59 Å². The molecule has 0 amide bonds. The van der Waals surface area contributed by atoms with Gasteiger partial charge in [-0.05, 0) is 77.5 Å². The molecule has 0 aliphatic heterocycles. The van der Waals surface area contributed by atoms with E-state index in [0.29, 0.717) is 23.5 Å². The van der Waals surface area contributed by atoms with Gasteiger partial charge in [-0.3, -0.25) is 0 Å². The van der Waals surface area contributed by atoms with Gasteiger partial charge in [0, 0.05) is 17.9 Å². The van der Waals surface area contributed by atoms with Crippen LogP contribution >= 0.6 is 11.8 Å². The lowest BCUT2D eigenvalue weighted by Crippen LogP contribution is -2.22. The van der Waals surface area contributed by atoms with Crippen molar-refractivity contribution in [2.75, 3.05) is 6.61 Å². The van der Waals surface area contributed by atoms with E-state index in [4.69, 9.17) is 9.47 Å². The van der Waals surface area contributed by atoms with Crippen LogP contribution in [-0.2, 0) is 10.2 Å². The van der Waals surface area contributed by atoms with Crippen LogP contribution in [0.15, 0.2) is 83.8 Å². The second-order valence-electron chi connectivity index (χ2n) is 11.2. The van der Waals surface area contributed by atoms with Gasteiger partial charge in [0.05, 0.1) is 17.7 Å². The Bertz CT molecular complexity index is 1310. The van der Waals surface area contributed by atoms with Gasteiger partial charge in [0.1, 0.15) is 5.75 Å². The van der Waals surface area contributed by atoms with E-state index in [1.165, 1.54) is 5.56 Å². The number of benzene rings is 3. The summed E-state index contributed by atoms with van der Waals surface area (Å²) in [5, 5.41) is 0. The minimum absolute atomic E-state index is 0.0158. The van der Waals surface area contributed by atoms with Crippen LogP contribution in [0.2, 0.25) is 25.7 Å². The van der Waals surface area contributed by atoms with E-state index in [1.54, 1.807) is 36.0 Å². The molecule has 6 heteroatoms. The van der Waals surface area contributed by atoms with Crippen molar-refractivity contribution in [3.05, 3.63) is 101 Å². The maximum Gasteiger partial charge on any atom is 0.343 e. The van der Waals surface area contributed by atoms with Crippen molar-refractivity contribution in [2.24, 2.45) is 0 Å². The fourth-order valence-electron chi connectivity index (χ4n) is 4.10. The summed E-state index contributed by atoms with van der Waals surface area (Å²) >= 11 is 1.71. The first kappa shape index (κ1) is 27.0. The number of carbonyl (C=O) groups excluding carboxylic acids is 2. The molecule has 0 spiro atoms. The fraction of sp³-hybridized carbons (Fsp3) is 0.290. The molecule has 4 nitrogen and oxygen atoms in total. The van der Waals surface area contributed by atoms with Crippen LogP contribution in [-0.4, -0.2) is 26.6 Å². The third kappa shape index (κ3) is 7.02. The van der Waals surface area contributed by atoms with Crippen molar-refractivity contribution in [1.29, 1.82) is 0 Å². The highest BCUT2D eigenvalue weighted by atomic mass is 32.2. The minimum Gasteiger partial charge on any atom is -0.462 e. The monoisotopic (exact) mass is 530 g/mol. The molecule has 0 saturated carbocycles. The van der Waals surface area contributed by atoms with Crippen molar-refractivity contribution in [2.45, 2.75) is 56.3 Å². The van der Waals surface area contributed by atoms with Gasteiger partial charge in [-0.25, -0.2) is 9.59 Å². The number of allylic oxidation sites excluding steroid dienone is 1. The SMILES string of the molecule is CC1(C)CC=C(Sc2ccccc2)c2cc(C(=O)Oc3ccc(C(=O)OCC[Si](C)(C)C)cc3)ccc21. The Labute approximate surface area is 225 Å². The number of thioether (sulfide) groups is 1. The molecule has 1 aliphatic carbocycles. The number of hydrogen-bond acceptors (Lipinski definition) is 5.